The van der Waals surface area contributed by atoms with Gasteiger partial charge in [0.05, 0.1) is 21.9 Å². The van der Waals surface area contributed by atoms with Gasteiger partial charge in [-0.3, -0.25) is 4.79 Å². The molecular formula is C11H20N2O3S2. The van der Waals surface area contributed by atoms with Gasteiger partial charge in [-0.1, -0.05) is 19.1 Å². The Kier molecular flexibility index (Phi) is 4.72. The Morgan fingerprint density at radius 1 is 1.56 bits per heavy atom. The molecule has 0 saturated carbocycles. The molecule has 5 nitrogen and oxygen atoms in total. The van der Waals surface area contributed by atoms with Crippen LogP contribution in [0.1, 0.15) is 33.1 Å². The number of thiocarbonyl (C=S) groups is 1. The Balaban J connectivity index is 2.73. The number of nitrogens with one attached hydrogen (secondary N) is 1. The molecule has 0 aromatic carbocycles. The maximum Gasteiger partial charge on any atom is 0.233 e. The first-order valence-electron chi connectivity index (χ1n) is 6.02. The molecule has 2 atom stereocenters. The highest BCUT2D eigenvalue weighted by Crippen LogP contribution is 2.23. The predicted molar refractivity (Wildman–Crippen MR) is 75.0 cm³/mol. The van der Waals surface area contributed by atoms with Crippen LogP contribution in [0.2, 0.25) is 0 Å². The maximum absolute atomic E-state index is 12.1. The van der Waals surface area contributed by atoms with E-state index in [-0.39, 0.29) is 28.4 Å². The number of sulfone groups is 1. The van der Waals surface area contributed by atoms with Gasteiger partial charge in [0.25, 0.3) is 0 Å². The first kappa shape index (κ1) is 15.4. The van der Waals surface area contributed by atoms with Gasteiger partial charge in [0.2, 0.25) is 5.91 Å². The van der Waals surface area contributed by atoms with E-state index in [9.17, 15) is 13.2 Å². The second-order valence-corrected chi connectivity index (χ2v) is 7.65. The molecule has 1 aliphatic heterocycles. The van der Waals surface area contributed by atoms with E-state index in [1.165, 1.54) is 0 Å². The first-order valence-corrected chi connectivity index (χ1v) is 8.25. The second-order valence-electron chi connectivity index (χ2n) is 4.98. The van der Waals surface area contributed by atoms with Crippen LogP contribution in [0.15, 0.2) is 0 Å². The van der Waals surface area contributed by atoms with E-state index >= 15 is 0 Å². The number of nitrogens with two attached hydrogens (primary N) is 1. The molecule has 0 spiro atoms. The zero-order chi connectivity index (χ0) is 14.0. The van der Waals surface area contributed by atoms with Crippen molar-refractivity contribution in [3.63, 3.8) is 0 Å². The van der Waals surface area contributed by atoms with E-state index < -0.39 is 15.3 Å². The van der Waals surface area contributed by atoms with Crippen LogP contribution in [-0.2, 0) is 14.6 Å². The number of rotatable bonds is 4. The lowest BCUT2D eigenvalue weighted by molar-refractivity contribution is -0.127. The van der Waals surface area contributed by atoms with Crippen LogP contribution in [0, 0.1) is 5.41 Å². The smallest absolute Gasteiger partial charge is 0.233 e. The average Bonchev–Trinajstić information content (AvgIpc) is 2.26. The van der Waals surface area contributed by atoms with E-state index in [1.54, 1.807) is 6.92 Å². The van der Waals surface area contributed by atoms with E-state index in [2.05, 4.69) is 5.32 Å². The molecule has 1 heterocycles. The molecule has 0 aromatic heterocycles. The molecule has 1 aliphatic rings. The summed E-state index contributed by atoms with van der Waals surface area (Å²) in [6.07, 6.45) is 1.76. The summed E-state index contributed by atoms with van der Waals surface area (Å²) in [6, 6.07) is -0.323. The number of carbonyl (C=O) groups is 1. The van der Waals surface area contributed by atoms with Crippen molar-refractivity contribution < 1.29 is 13.2 Å². The lowest BCUT2D eigenvalue weighted by Crippen LogP contribution is -2.52. The number of amides is 1. The molecule has 2 unspecified atom stereocenters. The minimum atomic E-state index is -3.03. The molecule has 0 radical (unpaired) electrons. The van der Waals surface area contributed by atoms with Crippen LogP contribution in [0.5, 0.6) is 0 Å². The van der Waals surface area contributed by atoms with Crippen molar-refractivity contribution in [2.75, 3.05) is 11.5 Å². The number of carbonyl (C=O) groups excluding carboxylic acids is 1. The predicted octanol–water partition coefficient (Wildman–Crippen LogP) is 0.382. The van der Waals surface area contributed by atoms with E-state index in [1.807, 2.05) is 6.92 Å². The van der Waals surface area contributed by atoms with Gasteiger partial charge in [-0.15, -0.1) is 0 Å². The SMILES string of the molecule is CCC(C)(C(=O)NC1CCCS(=O)(=O)C1)C(N)=S. The maximum atomic E-state index is 12.1. The quantitative estimate of drug-likeness (QED) is 0.731. The van der Waals surface area contributed by atoms with Gasteiger partial charge in [-0.05, 0) is 26.2 Å². The zero-order valence-electron chi connectivity index (χ0n) is 10.7. The van der Waals surface area contributed by atoms with E-state index in [0.29, 0.717) is 19.3 Å². The summed E-state index contributed by atoms with van der Waals surface area (Å²) in [5.41, 5.74) is 4.69. The van der Waals surface area contributed by atoms with Crippen molar-refractivity contribution in [3.8, 4) is 0 Å². The van der Waals surface area contributed by atoms with Crippen LogP contribution in [0.3, 0.4) is 0 Å². The fraction of sp³-hybridized carbons (Fsp3) is 0.818. The lowest BCUT2D eigenvalue weighted by atomic mass is 9.86. The second kappa shape index (κ2) is 5.52. The van der Waals surface area contributed by atoms with Gasteiger partial charge in [0.15, 0.2) is 9.84 Å². The molecular weight excluding hydrogens is 272 g/mol. The van der Waals surface area contributed by atoms with Crippen LogP contribution in [0.25, 0.3) is 0 Å². The van der Waals surface area contributed by atoms with Gasteiger partial charge in [0.1, 0.15) is 0 Å². The van der Waals surface area contributed by atoms with Crippen molar-refractivity contribution >= 4 is 33.0 Å². The van der Waals surface area contributed by atoms with Gasteiger partial charge in [-0.2, -0.15) is 0 Å². The van der Waals surface area contributed by atoms with Crippen LogP contribution in [0.4, 0.5) is 0 Å². The lowest BCUT2D eigenvalue weighted by Gasteiger charge is -2.30. The largest absolute Gasteiger partial charge is 0.392 e. The number of hydrogen-bond acceptors (Lipinski definition) is 4. The van der Waals surface area contributed by atoms with Crippen LogP contribution >= 0.6 is 12.2 Å². The molecule has 0 bridgehead atoms. The van der Waals surface area contributed by atoms with Crippen molar-refractivity contribution in [1.29, 1.82) is 0 Å². The Bertz CT molecular complexity index is 447. The molecule has 18 heavy (non-hydrogen) atoms. The molecule has 1 saturated heterocycles. The Hall–Kier alpha value is -0.690. The van der Waals surface area contributed by atoms with Gasteiger partial charge >= 0.3 is 0 Å². The third-order valence-electron chi connectivity index (χ3n) is 3.55. The third-order valence-corrected chi connectivity index (χ3v) is 5.82. The Morgan fingerprint density at radius 2 is 2.17 bits per heavy atom. The summed E-state index contributed by atoms with van der Waals surface area (Å²) in [5.74, 6) is -0.0603. The first-order chi connectivity index (χ1) is 8.21. The summed E-state index contributed by atoms with van der Waals surface area (Å²) in [6.45, 7) is 3.51. The minimum absolute atomic E-state index is 0.00979. The van der Waals surface area contributed by atoms with Crippen LogP contribution in [-0.4, -0.2) is 36.9 Å². The van der Waals surface area contributed by atoms with Gasteiger partial charge in [0, 0.05) is 6.04 Å². The standard InChI is InChI=1S/C11H20N2O3S2/c1-3-11(2,9(12)17)10(14)13-8-5-4-6-18(15,16)7-8/h8H,3-7H2,1-2H3,(H2,12,17)(H,13,14). The Morgan fingerprint density at radius 3 is 2.61 bits per heavy atom. The van der Waals surface area contributed by atoms with Gasteiger partial charge < -0.3 is 11.1 Å². The highest BCUT2D eigenvalue weighted by molar-refractivity contribution is 7.91. The third kappa shape index (κ3) is 3.41. The summed E-state index contributed by atoms with van der Waals surface area (Å²) in [4.78, 5) is 12.3. The normalized spacial score (nSPS) is 26.0. The van der Waals surface area contributed by atoms with E-state index in [0.717, 1.165) is 0 Å². The molecule has 1 rings (SSSR count). The molecule has 3 N–H and O–H groups in total. The molecule has 104 valence electrons. The summed E-state index contributed by atoms with van der Waals surface area (Å²) >= 11 is 4.92. The average molecular weight is 292 g/mol. The topological polar surface area (TPSA) is 89.3 Å². The Labute approximate surface area is 113 Å². The molecule has 0 aromatic rings. The van der Waals surface area contributed by atoms with Crippen molar-refractivity contribution in [3.05, 3.63) is 0 Å². The van der Waals surface area contributed by atoms with Crippen molar-refractivity contribution in [2.24, 2.45) is 11.1 Å². The highest BCUT2D eigenvalue weighted by atomic mass is 32.2. The highest BCUT2D eigenvalue weighted by Gasteiger charge is 2.37. The van der Waals surface area contributed by atoms with Crippen LogP contribution < -0.4 is 11.1 Å². The summed E-state index contributed by atoms with van der Waals surface area (Å²) in [5, 5.41) is 2.76. The van der Waals surface area contributed by atoms with E-state index in [4.69, 9.17) is 18.0 Å². The van der Waals surface area contributed by atoms with Gasteiger partial charge in [-0.25, -0.2) is 8.42 Å². The molecule has 1 fully saturated rings. The molecule has 0 aliphatic carbocycles. The fourth-order valence-electron chi connectivity index (χ4n) is 1.93. The summed E-state index contributed by atoms with van der Waals surface area (Å²) in [7, 11) is -3.03. The zero-order valence-corrected chi connectivity index (χ0v) is 12.4. The fourth-order valence-corrected chi connectivity index (χ4v) is 3.80. The summed E-state index contributed by atoms with van der Waals surface area (Å²) < 4.78 is 23.0. The monoisotopic (exact) mass is 292 g/mol. The molecule has 1 amide bonds. The minimum Gasteiger partial charge on any atom is -0.392 e. The van der Waals surface area contributed by atoms with Crippen molar-refractivity contribution in [1.82, 2.24) is 5.32 Å². The number of hydrogen-bond donors (Lipinski definition) is 2. The molecule has 7 heteroatoms. The van der Waals surface area contributed by atoms with Crippen molar-refractivity contribution in [2.45, 2.75) is 39.2 Å².